The fraction of sp³-hybridized carbons (Fsp3) is 0.556. The van der Waals surface area contributed by atoms with Crippen molar-refractivity contribution in [2.75, 3.05) is 13.1 Å². The van der Waals surface area contributed by atoms with Crippen LogP contribution in [0.25, 0.3) is 0 Å². The monoisotopic (exact) mass is 197 g/mol. The average Bonchev–Trinajstić information content (AvgIpc) is 2.13. The molecule has 5 heteroatoms. The topological polar surface area (TPSA) is 84.2 Å². The molecule has 0 aromatic rings. The molecule has 0 unspecified atom stereocenters. The first-order valence-corrected chi connectivity index (χ1v) is 4.17. The third kappa shape index (κ3) is 5.17. The molecular weight excluding hydrogens is 182 g/mol. The van der Waals surface area contributed by atoms with Crippen molar-refractivity contribution in [3.63, 3.8) is 0 Å². The van der Waals surface area contributed by atoms with Crippen LogP contribution in [0.15, 0.2) is 0 Å². The van der Waals surface area contributed by atoms with E-state index in [1.165, 1.54) is 0 Å². The molecule has 0 bridgehead atoms. The highest BCUT2D eigenvalue weighted by molar-refractivity contribution is 5.85. The minimum absolute atomic E-state index is 0.110. The Balaban J connectivity index is 3.90. The van der Waals surface area contributed by atoms with Crippen molar-refractivity contribution in [1.29, 1.82) is 0 Å². The molecule has 0 spiro atoms. The van der Waals surface area contributed by atoms with E-state index in [2.05, 4.69) is 16.6 Å². The summed E-state index contributed by atoms with van der Waals surface area (Å²) in [5.41, 5.74) is 4.33. The van der Waals surface area contributed by atoms with E-state index in [9.17, 15) is 9.59 Å². The van der Waals surface area contributed by atoms with Crippen molar-refractivity contribution in [1.82, 2.24) is 10.6 Å². The van der Waals surface area contributed by atoms with Crippen LogP contribution < -0.4 is 16.4 Å². The zero-order valence-corrected chi connectivity index (χ0v) is 8.39. The molecule has 4 N–H and O–H groups in total. The first-order chi connectivity index (χ1) is 6.41. The van der Waals surface area contributed by atoms with Gasteiger partial charge >= 0.3 is 0 Å². The normalized spacial score (nSPS) is 10.1. The lowest BCUT2D eigenvalue weighted by Crippen LogP contribution is -2.47. The predicted molar refractivity (Wildman–Crippen MR) is 53.1 cm³/mol. The second-order valence-corrected chi connectivity index (χ2v) is 3.30. The molecule has 0 aliphatic carbocycles. The minimum atomic E-state index is -0.704. The van der Waals surface area contributed by atoms with Gasteiger partial charge in [-0.25, -0.2) is 0 Å². The molecule has 0 aromatic carbocycles. The summed E-state index contributed by atoms with van der Waals surface area (Å²) in [4.78, 5) is 21.9. The summed E-state index contributed by atoms with van der Waals surface area (Å²) >= 11 is 0. The van der Waals surface area contributed by atoms with Crippen molar-refractivity contribution in [2.24, 2.45) is 5.73 Å². The molecule has 0 aliphatic heterocycles. The van der Waals surface area contributed by atoms with Crippen LogP contribution in [0.3, 0.4) is 0 Å². The SMILES string of the molecule is C#CC(C)(C)NC(=O)CNC(=O)CN. The van der Waals surface area contributed by atoms with Crippen molar-refractivity contribution in [3.05, 3.63) is 0 Å². The molecule has 78 valence electrons. The Morgan fingerprint density at radius 3 is 2.43 bits per heavy atom. The largest absolute Gasteiger partial charge is 0.346 e. The van der Waals surface area contributed by atoms with Crippen LogP contribution >= 0.6 is 0 Å². The van der Waals surface area contributed by atoms with Crippen LogP contribution in [-0.2, 0) is 9.59 Å². The van der Waals surface area contributed by atoms with Crippen molar-refractivity contribution in [3.8, 4) is 12.3 Å². The van der Waals surface area contributed by atoms with E-state index < -0.39 is 5.54 Å². The number of rotatable bonds is 4. The maximum atomic E-state index is 11.2. The van der Waals surface area contributed by atoms with Gasteiger partial charge in [0.1, 0.15) is 0 Å². The van der Waals surface area contributed by atoms with Gasteiger partial charge in [0.2, 0.25) is 11.8 Å². The second kappa shape index (κ2) is 5.25. The maximum absolute atomic E-state index is 11.2. The van der Waals surface area contributed by atoms with Gasteiger partial charge in [-0.15, -0.1) is 6.42 Å². The fourth-order valence-electron chi connectivity index (χ4n) is 0.680. The lowest BCUT2D eigenvalue weighted by Gasteiger charge is -2.19. The van der Waals surface area contributed by atoms with Gasteiger partial charge in [0, 0.05) is 0 Å². The van der Waals surface area contributed by atoms with Crippen LogP contribution in [0, 0.1) is 12.3 Å². The summed E-state index contributed by atoms with van der Waals surface area (Å²) in [5, 5.41) is 4.89. The third-order valence-electron chi connectivity index (χ3n) is 1.44. The van der Waals surface area contributed by atoms with E-state index >= 15 is 0 Å². The maximum Gasteiger partial charge on any atom is 0.240 e. The van der Waals surface area contributed by atoms with E-state index in [1.807, 2.05) is 0 Å². The van der Waals surface area contributed by atoms with Gasteiger partial charge in [-0.05, 0) is 13.8 Å². The Kier molecular flexibility index (Phi) is 4.67. The Morgan fingerprint density at radius 1 is 1.43 bits per heavy atom. The highest BCUT2D eigenvalue weighted by atomic mass is 16.2. The van der Waals surface area contributed by atoms with Crippen LogP contribution in [0.5, 0.6) is 0 Å². The number of amides is 2. The van der Waals surface area contributed by atoms with Gasteiger partial charge in [-0.2, -0.15) is 0 Å². The number of nitrogens with one attached hydrogen (secondary N) is 2. The van der Waals surface area contributed by atoms with E-state index in [0.29, 0.717) is 0 Å². The molecule has 0 radical (unpaired) electrons. The predicted octanol–water partition coefficient (Wildman–Crippen LogP) is -1.41. The second-order valence-electron chi connectivity index (χ2n) is 3.30. The molecule has 0 fully saturated rings. The third-order valence-corrected chi connectivity index (χ3v) is 1.44. The number of carbonyl (C=O) groups is 2. The molecule has 0 aromatic heterocycles. The molecule has 0 aliphatic rings. The van der Waals surface area contributed by atoms with E-state index in [-0.39, 0.29) is 24.9 Å². The zero-order chi connectivity index (χ0) is 11.2. The summed E-state index contributed by atoms with van der Waals surface area (Å²) in [6.45, 7) is 3.14. The van der Waals surface area contributed by atoms with Gasteiger partial charge in [0.15, 0.2) is 0 Å². The molecule has 0 rings (SSSR count). The van der Waals surface area contributed by atoms with Gasteiger partial charge in [0.25, 0.3) is 0 Å². The van der Waals surface area contributed by atoms with E-state index in [1.54, 1.807) is 13.8 Å². The Hall–Kier alpha value is -1.54. The highest BCUT2D eigenvalue weighted by Crippen LogP contribution is 1.97. The number of hydrogen-bond acceptors (Lipinski definition) is 3. The Labute approximate surface area is 83.4 Å². The summed E-state index contributed by atoms with van der Waals surface area (Å²) in [7, 11) is 0. The molecule has 5 nitrogen and oxygen atoms in total. The molecule has 2 amide bonds. The van der Waals surface area contributed by atoms with Gasteiger partial charge in [-0.1, -0.05) is 5.92 Å². The number of nitrogens with two attached hydrogens (primary N) is 1. The fourth-order valence-corrected chi connectivity index (χ4v) is 0.680. The first kappa shape index (κ1) is 12.5. The Morgan fingerprint density at radius 2 is 2.00 bits per heavy atom. The molecule has 0 atom stereocenters. The Bertz CT molecular complexity index is 266. The summed E-state index contributed by atoms with van der Waals surface area (Å²) in [5.74, 6) is 1.69. The molecule has 14 heavy (non-hydrogen) atoms. The van der Waals surface area contributed by atoms with Crippen LogP contribution in [0.1, 0.15) is 13.8 Å². The van der Waals surface area contributed by atoms with Gasteiger partial charge in [-0.3, -0.25) is 9.59 Å². The summed E-state index contributed by atoms with van der Waals surface area (Å²) in [6, 6.07) is 0. The van der Waals surface area contributed by atoms with Gasteiger partial charge in [0.05, 0.1) is 18.6 Å². The number of hydrogen-bond donors (Lipinski definition) is 3. The molecular formula is C9H15N3O2. The van der Waals surface area contributed by atoms with Crippen molar-refractivity contribution < 1.29 is 9.59 Å². The summed E-state index contributed by atoms with van der Waals surface area (Å²) < 4.78 is 0. The van der Waals surface area contributed by atoms with Crippen LogP contribution in [0.4, 0.5) is 0 Å². The lowest BCUT2D eigenvalue weighted by molar-refractivity contribution is -0.125. The zero-order valence-electron chi connectivity index (χ0n) is 8.39. The van der Waals surface area contributed by atoms with Crippen molar-refractivity contribution in [2.45, 2.75) is 19.4 Å². The van der Waals surface area contributed by atoms with Crippen LogP contribution in [-0.4, -0.2) is 30.4 Å². The first-order valence-electron chi connectivity index (χ1n) is 4.17. The number of terminal acetylenes is 1. The van der Waals surface area contributed by atoms with Crippen molar-refractivity contribution >= 4 is 11.8 Å². The van der Waals surface area contributed by atoms with Gasteiger partial charge < -0.3 is 16.4 Å². The summed E-state index contributed by atoms with van der Waals surface area (Å²) in [6.07, 6.45) is 5.16. The number of carbonyl (C=O) groups excluding carboxylic acids is 2. The average molecular weight is 197 g/mol. The van der Waals surface area contributed by atoms with E-state index in [0.717, 1.165) is 0 Å². The molecule has 0 saturated carbocycles. The quantitative estimate of drug-likeness (QED) is 0.484. The highest BCUT2D eigenvalue weighted by Gasteiger charge is 2.16. The molecule has 0 heterocycles. The smallest absolute Gasteiger partial charge is 0.240 e. The standard InChI is InChI=1S/C9H15N3O2/c1-4-9(2,3)12-8(14)6-11-7(13)5-10/h1H,5-6,10H2,2-3H3,(H,11,13)(H,12,14). The molecule has 0 saturated heterocycles. The lowest BCUT2D eigenvalue weighted by atomic mass is 10.1. The minimum Gasteiger partial charge on any atom is -0.346 e. The van der Waals surface area contributed by atoms with E-state index in [4.69, 9.17) is 12.2 Å². The van der Waals surface area contributed by atoms with Crippen LogP contribution in [0.2, 0.25) is 0 Å².